The third kappa shape index (κ3) is 6.24. The summed E-state index contributed by atoms with van der Waals surface area (Å²) in [6.07, 6.45) is 1.27. The molecule has 19 heavy (non-hydrogen) atoms. The van der Waals surface area contributed by atoms with Crippen LogP contribution in [0.25, 0.3) is 0 Å². The molecule has 1 saturated carbocycles. The minimum Gasteiger partial charge on any atom is -0.444 e. The first-order valence-corrected chi connectivity index (χ1v) is 8.16. The third-order valence-corrected chi connectivity index (χ3v) is 3.47. The molecular formula is C12H23NO5S. The van der Waals surface area contributed by atoms with Crippen molar-refractivity contribution in [3.63, 3.8) is 0 Å². The summed E-state index contributed by atoms with van der Waals surface area (Å²) in [5, 5.41) is 2.76. The van der Waals surface area contributed by atoms with E-state index in [1.54, 1.807) is 20.8 Å². The van der Waals surface area contributed by atoms with Gasteiger partial charge in [-0.2, -0.15) is 8.42 Å². The fourth-order valence-electron chi connectivity index (χ4n) is 2.18. The Hall–Kier alpha value is -0.820. The molecule has 3 atom stereocenters. The molecule has 1 fully saturated rings. The second-order valence-corrected chi connectivity index (χ2v) is 7.72. The van der Waals surface area contributed by atoms with Crippen LogP contribution in [0.1, 0.15) is 40.5 Å². The van der Waals surface area contributed by atoms with Crippen LogP contribution < -0.4 is 5.32 Å². The molecule has 0 aromatic heterocycles. The standard InChI is InChI=1S/C12H23NO5S/c1-8-6-9(18-19(5,15)16)7-10(8)13-11(14)17-12(2,3)4/h8-10H,6-7H2,1-5H3,(H,13,14)/t8-,9?,10-/m0/s1. The summed E-state index contributed by atoms with van der Waals surface area (Å²) in [4.78, 5) is 11.7. The fraction of sp³-hybridized carbons (Fsp3) is 0.917. The van der Waals surface area contributed by atoms with E-state index in [-0.39, 0.29) is 18.1 Å². The summed E-state index contributed by atoms with van der Waals surface area (Å²) in [7, 11) is -3.46. The maximum absolute atomic E-state index is 11.7. The van der Waals surface area contributed by atoms with Gasteiger partial charge in [0.1, 0.15) is 5.60 Å². The zero-order valence-corrected chi connectivity index (χ0v) is 12.9. The molecule has 0 aromatic rings. The molecule has 0 saturated heterocycles. The minimum absolute atomic E-state index is 0.124. The molecule has 0 aliphatic heterocycles. The molecule has 112 valence electrons. The van der Waals surface area contributed by atoms with Crippen molar-refractivity contribution in [2.24, 2.45) is 5.92 Å². The molecule has 1 rings (SSSR count). The van der Waals surface area contributed by atoms with Gasteiger partial charge in [-0.3, -0.25) is 4.18 Å². The van der Waals surface area contributed by atoms with Crippen LogP contribution in [0.5, 0.6) is 0 Å². The van der Waals surface area contributed by atoms with E-state index in [0.29, 0.717) is 12.8 Å². The molecule has 0 bridgehead atoms. The number of rotatable bonds is 3. The molecule has 0 aromatic carbocycles. The minimum atomic E-state index is -3.46. The van der Waals surface area contributed by atoms with Gasteiger partial charge in [0.25, 0.3) is 10.1 Å². The maximum Gasteiger partial charge on any atom is 0.407 e. The number of carbonyl (C=O) groups is 1. The Kier molecular flexibility index (Phi) is 4.84. The van der Waals surface area contributed by atoms with Crippen molar-refractivity contribution in [2.75, 3.05) is 6.26 Å². The Balaban J connectivity index is 2.50. The van der Waals surface area contributed by atoms with Gasteiger partial charge < -0.3 is 10.1 Å². The van der Waals surface area contributed by atoms with Crippen molar-refractivity contribution in [2.45, 2.75) is 58.3 Å². The van der Waals surface area contributed by atoms with E-state index in [0.717, 1.165) is 6.26 Å². The van der Waals surface area contributed by atoms with E-state index in [2.05, 4.69) is 5.32 Å². The van der Waals surface area contributed by atoms with Gasteiger partial charge in [-0.05, 0) is 39.5 Å². The number of ether oxygens (including phenoxy) is 1. The summed E-state index contributed by atoms with van der Waals surface area (Å²) in [6.45, 7) is 7.33. The topological polar surface area (TPSA) is 81.7 Å². The summed E-state index contributed by atoms with van der Waals surface area (Å²) in [5.41, 5.74) is -0.547. The average molecular weight is 293 g/mol. The van der Waals surface area contributed by atoms with E-state index in [9.17, 15) is 13.2 Å². The third-order valence-electron chi connectivity index (χ3n) is 2.85. The van der Waals surface area contributed by atoms with Gasteiger partial charge in [0, 0.05) is 6.04 Å². The largest absolute Gasteiger partial charge is 0.444 e. The molecule has 1 unspecified atom stereocenters. The van der Waals surface area contributed by atoms with Crippen LogP contribution in [0.3, 0.4) is 0 Å². The highest BCUT2D eigenvalue weighted by Gasteiger charge is 2.35. The van der Waals surface area contributed by atoms with Crippen LogP contribution in [0, 0.1) is 5.92 Å². The van der Waals surface area contributed by atoms with Gasteiger partial charge in [0.05, 0.1) is 12.4 Å². The molecule has 1 aliphatic carbocycles. The van der Waals surface area contributed by atoms with Gasteiger partial charge >= 0.3 is 6.09 Å². The molecular weight excluding hydrogens is 270 g/mol. The molecule has 1 aliphatic rings. The zero-order valence-electron chi connectivity index (χ0n) is 12.1. The summed E-state index contributed by atoms with van der Waals surface area (Å²) >= 11 is 0. The Morgan fingerprint density at radius 2 is 1.84 bits per heavy atom. The molecule has 1 N–H and O–H groups in total. The Labute approximate surface area is 115 Å². The predicted octanol–water partition coefficient (Wildman–Crippen LogP) is 1.65. The van der Waals surface area contributed by atoms with Gasteiger partial charge in [-0.1, -0.05) is 6.92 Å². The van der Waals surface area contributed by atoms with Crippen molar-refractivity contribution in [3.8, 4) is 0 Å². The normalized spacial score (nSPS) is 28.2. The summed E-state index contributed by atoms with van der Waals surface area (Å²) in [6, 6.07) is -0.124. The Morgan fingerprint density at radius 1 is 1.26 bits per heavy atom. The van der Waals surface area contributed by atoms with Crippen LogP contribution in [-0.4, -0.2) is 38.5 Å². The van der Waals surface area contributed by atoms with Crippen LogP contribution >= 0.6 is 0 Å². The fourth-order valence-corrected chi connectivity index (χ4v) is 2.83. The number of amides is 1. The highest BCUT2D eigenvalue weighted by Crippen LogP contribution is 2.29. The number of hydrogen-bond acceptors (Lipinski definition) is 5. The highest BCUT2D eigenvalue weighted by molar-refractivity contribution is 7.86. The van der Waals surface area contributed by atoms with Crippen molar-refractivity contribution in [1.29, 1.82) is 0 Å². The smallest absolute Gasteiger partial charge is 0.407 e. The number of hydrogen-bond donors (Lipinski definition) is 1. The second-order valence-electron chi connectivity index (χ2n) is 6.12. The summed E-state index contributed by atoms with van der Waals surface area (Å²) in [5.74, 6) is 0.152. The zero-order chi connectivity index (χ0) is 14.8. The lowest BCUT2D eigenvalue weighted by Crippen LogP contribution is -2.40. The lowest BCUT2D eigenvalue weighted by molar-refractivity contribution is 0.0493. The van der Waals surface area contributed by atoms with Crippen molar-refractivity contribution < 1.29 is 22.1 Å². The van der Waals surface area contributed by atoms with Crippen LogP contribution in [-0.2, 0) is 19.0 Å². The van der Waals surface area contributed by atoms with Crippen molar-refractivity contribution in [3.05, 3.63) is 0 Å². The van der Waals surface area contributed by atoms with E-state index >= 15 is 0 Å². The molecule has 0 heterocycles. The van der Waals surface area contributed by atoms with E-state index < -0.39 is 21.8 Å². The van der Waals surface area contributed by atoms with Gasteiger partial charge in [0.2, 0.25) is 0 Å². The number of alkyl carbamates (subject to hydrolysis) is 1. The first kappa shape index (κ1) is 16.2. The lowest BCUT2D eigenvalue weighted by Gasteiger charge is -2.23. The van der Waals surface area contributed by atoms with E-state index in [1.165, 1.54) is 0 Å². The van der Waals surface area contributed by atoms with Gasteiger partial charge in [-0.15, -0.1) is 0 Å². The van der Waals surface area contributed by atoms with E-state index in [4.69, 9.17) is 8.92 Å². The second kappa shape index (κ2) is 5.66. The van der Waals surface area contributed by atoms with Gasteiger partial charge in [0.15, 0.2) is 0 Å². The lowest BCUT2D eigenvalue weighted by atomic mass is 10.1. The summed E-state index contributed by atoms with van der Waals surface area (Å²) < 4.78 is 32.3. The van der Waals surface area contributed by atoms with Crippen molar-refractivity contribution >= 4 is 16.2 Å². The Morgan fingerprint density at radius 3 is 2.32 bits per heavy atom. The van der Waals surface area contributed by atoms with Gasteiger partial charge in [-0.25, -0.2) is 4.79 Å². The number of nitrogens with one attached hydrogen (secondary N) is 1. The van der Waals surface area contributed by atoms with E-state index in [1.807, 2.05) is 6.92 Å². The van der Waals surface area contributed by atoms with Crippen LogP contribution in [0.15, 0.2) is 0 Å². The maximum atomic E-state index is 11.7. The SMILES string of the molecule is C[C@H]1CC(OS(C)(=O)=O)C[C@@H]1NC(=O)OC(C)(C)C. The number of carbonyl (C=O) groups excluding carboxylic acids is 1. The van der Waals surface area contributed by atoms with Crippen LogP contribution in [0.2, 0.25) is 0 Å². The first-order chi connectivity index (χ1) is 8.46. The quantitative estimate of drug-likeness (QED) is 0.800. The highest BCUT2D eigenvalue weighted by atomic mass is 32.2. The average Bonchev–Trinajstić information content (AvgIpc) is 2.39. The first-order valence-electron chi connectivity index (χ1n) is 6.34. The van der Waals surface area contributed by atoms with Crippen molar-refractivity contribution in [1.82, 2.24) is 5.32 Å². The predicted molar refractivity (Wildman–Crippen MR) is 71.3 cm³/mol. The molecule has 7 heteroatoms. The molecule has 1 amide bonds. The Bertz CT molecular complexity index is 426. The molecule has 0 spiro atoms. The van der Waals surface area contributed by atoms with Crippen LogP contribution in [0.4, 0.5) is 4.79 Å². The monoisotopic (exact) mass is 293 g/mol. The molecule has 6 nitrogen and oxygen atoms in total. The molecule has 0 radical (unpaired) electrons.